The molecule has 3 aromatic rings. The van der Waals surface area contributed by atoms with Crippen molar-refractivity contribution in [3.8, 4) is 0 Å². The zero-order chi connectivity index (χ0) is 15.7. The second-order valence-electron chi connectivity index (χ2n) is 6.43. The maximum absolute atomic E-state index is 10.6. The van der Waals surface area contributed by atoms with E-state index in [1.165, 1.54) is 6.42 Å². The van der Waals surface area contributed by atoms with Crippen LogP contribution in [0.1, 0.15) is 43.5 Å². The average molecular weight is 312 g/mol. The van der Waals surface area contributed by atoms with Gasteiger partial charge in [0, 0.05) is 31.2 Å². The average Bonchev–Trinajstić information content (AvgIpc) is 3.14. The molecule has 1 fully saturated rings. The van der Waals surface area contributed by atoms with Gasteiger partial charge in [0.25, 0.3) is 0 Å². The molecule has 1 aliphatic carbocycles. The zero-order valence-electron chi connectivity index (χ0n) is 13.0. The maximum atomic E-state index is 10.6. The molecule has 0 spiro atoms. The van der Waals surface area contributed by atoms with Gasteiger partial charge in [-0.15, -0.1) is 5.10 Å². The van der Waals surface area contributed by atoms with E-state index >= 15 is 0 Å². The Morgan fingerprint density at radius 1 is 1.13 bits per heavy atom. The number of hydrogen-bond donors (Lipinski definition) is 1. The Bertz CT molecular complexity index is 769. The fourth-order valence-corrected chi connectivity index (χ4v) is 3.34. The van der Waals surface area contributed by atoms with Crippen LogP contribution in [0.15, 0.2) is 30.9 Å². The molecule has 0 aromatic carbocycles. The highest BCUT2D eigenvalue weighted by molar-refractivity contribution is 5.29. The minimum absolute atomic E-state index is 0.550. The summed E-state index contributed by atoms with van der Waals surface area (Å²) in [7, 11) is 0. The number of hydrogen-bond acceptors (Lipinski definition) is 5. The van der Waals surface area contributed by atoms with Crippen molar-refractivity contribution in [2.45, 2.75) is 50.7 Å². The first-order valence-corrected chi connectivity index (χ1v) is 8.10. The SMILES string of the molecule is OC1(Cc2cn(Cc3cn4cccnc4n3)nn2)CCCCC1. The normalized spacial score (nSPS) is 17.6. The highest BCUT2D eigenvalue weighted by Crippen LogP contribution is 2.30. The van der Waals surface area contributed by atoms with Crippen molar-refractivity contribution in [3.63, 3.8) is 0 Å². The summed E-state index contributed by atoms with van der Waals surface area (Å²) in [6, 6.07) is 1.87. The van der Waals surface area contributed by atoms with Gasteiger partial charge in [0.2, 0.25) is 5.78 Å². The van der Waals surface area contributed by atoms with Crippen LogP contribution in [0.2, 0.25) is 0 Å². The van der Waals surface area contributed by atoms with E-state index in [1.807, 2.05) is 29.1 Å². The van der Waals surface area contributed by atoms with Gasteiger partial charge < -0.3 is 5.11 Å². The van der Waals surface area contributed by atoms with Crippen molar-refractivity contribution in [2.24, 2.45) is 0 Å². The third-order valence-corrected chi connectivity index (χ3v) is 4.49. The van der Waals surface area contributed by atoms with Crippen molar-refractivity contribution in [1.29, 1.82) is 0 Å². The largest absolute Gasteiger partial charge is 0.389 e. The molecule has 0 radical (unpaired) electrons. The summed E-state index contributed by atoms with van der Waals surface area (Å²) in [5.74, 6) is 0.680. The number of aliphatic hydroxyl groups is 1. The molecule has 0 atom stereocenters. The van der Waals surface area contributed by atoms with Gasteiger partial charge >= 0.3 is 0 Å². The predicted octanol–water partition coefficient (Wildman–Crippen LogP) is 1.61. The molecule has 0 saturated heterocycles. The predicted molar refractivity (Wildman–Crippen MR) is 83.8 cm³/mol. The second-order valence-corrected chi connectivity index (χ2v) is 6.43. The van der Waals surface area contributed by atoms with Gasteiger partial charge in [0.05, 0.1) is 23.5 Å². The fourth-order valence-electron chi connectivity index (χ4n) is 3.34. The lowest BCUT2D eigenvalue weighted by Gasteiger charge is -2.31. The Balaban J connectivity index is 1.47. The topological polar surface area (TPSA) is 81.1 Å². The second kappa shape index (κ2) is 5.73. The molecule has 1 aliphatic rings. The van der Waals surface area contributed by atoms with Gasteiger partial charge in [-0.3, -0.25) is 4.40 Å². The molecule has 0 aliphatic heterocycles. The van der Waals surface area contributed by atoms with Gasteiger partial charge in [0.1, 0.15) is 0 Å². The molecule has 3 heterocycles. The van der Waals surface area contributed by atoms with E-state index in [-0.39, 0.29) is 0 Å². The molecule has 0 unspecified atom stereocenters. The van der Waals surface area contributed by atoms with Crippen LogP contribution < -0.4 is 0 Å². The molecule has 0 amide bonds. The third-order valence-electron chi connectivity index (χ3n) is 4.49. The van der Waals surface area contributed by atoms with E-state index in [0.717, 1.165) is 37.1 Å². The molecule has 120 valence electrons. The number of imidazole rings is 1. The molecule has 1 saturated carbocycles. The van der Waals surface area contributed by atoms with Crippen LogP contribution in [0.5, 0.6) is 0 Å². The lowest BCUT2D eigenvalue weighted by atomic mass is 9.82. The zero-order valence-corrected chi connectivity index (χ0v) is 13.0. The molecular formula is C16H20N6O. The monoisotopic (exact) mass is 312 g/mol. The molecule has 23 heavy (non-hydrogen) atoms. The molecule has 4 rings (SSSR count). The fraction of sp³-hybridized carbons (Fsp3) is 0.500. The van der Waals surface area contributed by atoms with E-state index in [4.69, 9.17) is 0 Å². The van der Waals surface area contributed by atoms with E-state index in [9.17, 15) is 5.11 Å². The number of aromatic nitrogens is 6. The smallest absolute Gasteiger partial charge is 0.233 e. The number of nitrogens with zero attached hydrogens (tertiary/aromatic N) is 6. The van der Waals surface area contributed by atoms with Gasteiger partial charge in [-0.1, -0.05) is 24.5 Å². The number of fused-ring (bicyclic) bond motifs is 1. The highest BCUT2D eigenvalue weighted by atomic mass is 16.3. The van der Waals surface area contributed by atoms with Crippen LogP contribution in [0.25, 0.3) is 5.78 Å². The lowest BCUT2D eigenvalue weighted by molar-refractivity contribution is 0.00364. The highest BCUT2D eigenvalue weighted by Gasteiger charge is 2.30. The van der Waals surface area contributed by atoms with E-state index in [2.05, 4.69) is 20.3 Å². The van der Waals surface area contributed by atoms with Crippen LogP contribution in [0.4, 0.5) is 0 Å². The quantitative estimate of drug-likeness (QED) is 0.791. The van der Waals surface area contributed by atoms with E-state index in [1.54, 1.807) is 10.9 Å². The van der Waals surface area contributed by atoms with Gasteiger partial charge in [-0.2, -0.15) is 0 Å². The van der Waals surface area contributed by atoms with Crippen molar-refractivity contribution in [2.75, 3.05) is 0 Å². The minimum Gasteiger partial charge on any atom is -0.389 e. The summed E-state index contributed by atoms with van der Waals surface area (Å²) >= 11 is 0. The lowest BCUT2D eigenvalue weighted by Crippen LogP contribution is -2.33. The van der Waals surface area contributed by atoms with E-state index < -0.39 is 5.60 Å². The summed E-state index contributed by atoms with van der Waals surface area (Å²) in [4.78, 5) is 8.67. The first kappa shape index (κ1) is 14.3. The molecular weight excluding hydrogens is 292 g/mol. The molecule has 7 nitrogen and oxygen atoms in total. The maximum Gasteiger partial charge on any atom is 0.233 e. The Labute approximate surface area is 134 Å². The summed E-state index contributed by atoms with van der Waals surface area (Å²) in [6.07, 6.45) is 13.2. The standard InChI is InChI=1S/C16H20N6O/c23-16(5-2-1-3-6-16)9-13-11-22(20-19-13)12-14-10-21-8-4-7-17-15(21)18-14/h4,7-8,10-11,23H,1-3,5-6,9,12H2. The summed E-state index contributed by atoms with van der Waals surface area (Å²) < 4.78 is 3.65. The van der Waals surface area contributed by atoms with Crippen molar-refractivity contribution >= 4 is 5.78 Å². The number of rotatable bonds is 4. The van der Waals surface area contributed by atoms with Crippen molar-refractivity contribution in [1.82, 2.24) is 29.4 Å². The first-order chi connectivity index (χ1) is 11.2. The summed E-state index contributed by atoms with van der Waals surface area (Å²) in [5, 5.41) is 19.0. The van der Waals surface area contributed by atoms with Crippen LogP contribution in [0, 0.1) is 0 Å². The molecule has 7 heteroatoms. The minimum atomic E-state index is -0.605. The van der Waals surface area contributed by atoms with Crippen LogP contribution in [0.3, 0.4) is 0 Å². The Morgan fingerprint density at radius 2 is 2.00 bits per heavy atom. The van der Waals surface area contributed by atoms with Crippen LogP contribution in [-0.4, -0.2) is 40.1 Å². The van der Waals surface area contributed by atoms with Gasteiger partial charge in [-0.25, -0.2) is 14.6 Å². The van der Waals surface area contributed by atoms with Crippen molar-refractivity contribution < 1.29 is 5.11 Å². The molecule has 1 N–H and O–H groups in total. The Kier molecular flexibility index (Phi) is 3.57. The molecule has 0 bridgehead atoms. The van der Waals surface area contributed by atoms with E-state index in [0.29, 0.717) is 18.7 Å². The Morgan fingerprint density at radius 3 is 2.83 bits per heavy atom. The summed E-state index contributed by atoms with van der Waals surface area (Å²) in [6.45, 7) is 0.550. The van der Waals surface area contributed by atoms with Gasteiger partial charge in [0.15, 0.2) is 0 Å². The van der Waals surface area contributed by atoms with Crippen molar-refractivity contribution in [3.05, 3.63) is 42.2 Å². The summed E-state index contributed by atoms with van der Waals surface area (Å²) in [5.41, 5.74) is 1.12. The first-order valence-electron chi connectivity index (χ1n) is 8.10. The van der Waals surface area contributed by atoms with Gasteiger partial charge in [-0.05, 0) is 18.9 Å². The van der Waals surface area contributed by atoms with Crippen LogP contribution in [-0.2, 0) is 13.0 Å². The third kappa shape index (κ3) is 3.10. The Hall–Kier alpha value is -2.28. The molecule has 3 aromatic heterocycles. The van der Waals surface area contributed by atoms with Crippen LogP contribution >= 0.6 is 0 Å².